The van der Waals surface area contributed by atoms with Gasteiger partial charge in [0.15, 0.2) is 0 Å². The van der Waals surface area contributed by atoms with Gasteiger partial charge in [0.2, 0.25) is 0 Å². The standard InChI is InChI=1S/C8H7O3P/c1-2-7-5-3-4-6-8(7)12(9,10)11/h1,3-6H,(H2,9,10,11). The molecule has 0 aliphatic carbocycles. The molecule has 0 radical (unpaired) electrons. The maximum absolute atomic E-state index is 10.8. The van der Waals surface area contributed by atoms with Crippen molar-refractivity contribution in [1.82, 2.24) is 0 Å². The fourth-order valence-corrected chi connectivity index (χ4v) is 1.58. The molecule has 1 aromatic rings. The van der Waals surface area contributed by atoms with Crippen LogP contribution in [0.5, 0.6) is 0 Å². The summed E-state index contributed by atoms with van der Waals surface area (Å²) in [6, 6.07) is 5.99. The van der Waals surface area contributed by atoms with E-state index in [1.165, 1.54) is 18.2 Å². The first kappa shape index (κ1) is 9.02. The van der Waals surface area contributed by atoms with Gasteiger partial charge in [-0.3, -0.25) is 4.57 Å². The van der Waals surface area contributed by atoms with Crippen LogP contribution >= 0.6 is 7.60 Å². The molecule has 0 saturated carbocycles. The highest BCUT2D eigenvalue weighted by atomic mass is 31.2. The molecular weight excluding hydrogens is 175 g/mol. The van der Waals surface area contributed by atoms with E-state index in [-0.39, 0.29) is 10.9 Å². The minimum Gasteiger partial charge on any atom is -0.321 e. The van der Waals surface area contributed by atoms with Crippen LogP contribution in [-0.2, 0) is 4.57 Å². The molecule has 1 aromatic carbocycles. The van der Waals surface area contributed by atoms with E-state index < -0.39 is 7.60 Å². The molecule has 0 aliphatic rings. The van der Waals surface area contributed by atoms with Crippen molar-refractivity contribution in [3.05, 3.63) is 29.8 Å². The van der Waals surface area contributed by atoms with Crippen LogP contribution in [0.25, 0.3) is 0 Å². The molecule has 0 unspecified atom stereocenters. The maximum Gasteiger partial charge on any atom is 0.357 e. The Morgan fingerprint density at radius 3 is 2.33 bits per heavy atom. The summed E-state index contributed by atoms with van der Waals surface area (Å²) >= 11 is 0. The predicted octanol–water partition coefficient (Wildman–Crippen LogP) is 0.471. The van der Waals surface area contributed by atoms with Gasteiger partial charge in [0.25, 0.3) is 0 Å². The first-order valence-corrected chi connectivity index (χ1v) is 4.78. The average molecular weight is 182 g/mol. The van der Waals surface area contributed by atoms with Crippen molar-refractivity contribution in [2.45, 2.75) is 0 Å². The van der Waals surface area contributed by atoms with Crippen LogP contribution in [0, 0.1) is 12.3 Å². The first-order valence-electron chi connectivity index (χ1n) is 3.17. The van der Waals surface area contributed by atoms with Crippen LogP contribution in [0.2, 0.25) is 0 Å². The zero-order chi connectivity index (χ0) is 9.19. The van der Waals surface area contributed by atoms with Crippen LogP contribution in [0.4, 0.5) is 0 Å². The molecule has 1 rings (SSSR count). The van der Waals surface area contributed by atoms with E-state index in [0.29, 0.717) is 0 Å². The topological polar surface area (TPSA) is 57.5 Å². The molecule has 3 nitrogen and oxygen atoms in total. The second-order valence-corrected chi connectivity index (χ2v) is 3.78. The highest BCUT2D eigenvalue weighted by molar-refractivity contribution is 7.60. The van der Waals surface area contributed by atoms with Gasteiger partial charge >= 0.3 is 7.60 Å². The highest BCUT2D eigenvalue weighted by Crippen LogP contribution is 2.34. The van der Waals surface area contributed by atoms with E-state index in [1.54, 1.807) is 6.07 Å². The second kappa shape index (κ2) is 3.12. The molecule has 0 spiro atoms. The van der Waals surface area contributed by atoms with E-state index in [9.17, 15) is 4.57 Å². The summed E-state index contributed by atoms with van der Waals surface area (Å²) in [7, 11) is -4.21. The number of rotatable bonds is 1. The minimum atomic E-state index is -4.21. The zero-order valence-electron chi connectivity index (χ0n) is 6.14. The van der Waals surface area contributed by atoms with Gasteiger partial charge in [-0.25, -0.2) is 0 Å². The number of hydrogen-bond donors (Lipinski definition) is 2. The summed E-state index contributed by atoms with van der Waals surface area (Å²) in [5, 5.41) is -0.0903. The van der Waals surface area contributed by atoms with Crippen molar-refractivity contribution in [2.24, 2.45) is 0 Å². The number of hydrogen-bond acceptors (Lipinski definition) is 1. The molecule has 0 heterocycles. The fraction of sp³-hybridized carbons (Fsp3) is 0. The fourth-order valence-electron chi connectivity index (χ4n) is 0.850. The Kier molecular flexibility index (Phi) is 2.35. The van der Waals surface area contributed by atoms with Gasteiger partial charge in [0.1, 0.15) is 0 Å². The van der Waals surface area contributed by atoms with E-state index in [4.69, 9.17) is 16.2 Å². The summed E-state index contributed by atoms with van der Waals surface area (Å²) in [6.45, 7) is 0. The smallest absolute Gasteiger partial charge is 0.321 e. The molecule has 0 saturated heterocycles. The quantitative estimate of drug-likeness (QED) is 0.490. The Hall–Kier alpha value is -1.07. The van der Waals surface area contributed by atoms with E-state index in [0.717, 1.165) is 0 Å². The van der Waals surface area contributed by atoms with Crippen molar-refractivity contribution in [3.8, 4) is 12.3 Å². The van der Waals surface area contributed by atoms with Crippen molar-refractivity contribution >= 4 is 12.9 Å². The molecular formula is C8H7O3P. The minimum absolute atomic E-state index is 0.0903. The lowest BCUT2D eigenvalue weighted by molar-refractivity contribution is 0.387. The SMILES string of the molecule is C#Cc1ccccc1P(=O)(O)O. The van der Waals surface area contributed by atoms with Crippen molar-refractivity contribution in [3.63, 3.8) is 0 Å². The third-order valence-corrected chi connectivity index (χ3v) is 2.39. The van der Waals surface area contributed by atoms with Crippen molar-refractivity contribution < 1.29 is 14.4 Å². The van der Waals surface area contributed by atoms with E-state index >= 15 is 0 Å². The lowest BCUT2D eigenvalue weighted by atomic mass is 10.2. The molecule has 4 heteroatoms. The molecule has 12 heavy (non-hydrogen) atoms. The number of terminal acetylenes is 1. The summed E-state index contributed by atoms with van der Waals surface area (Å²) in [5.41, 5.74) is 0.242. The predicted molar refractivity (Wildman–Crippen MR) is 46.1 cm³/mol. The zero-order valence-corrected chi connectivity index (χ0v) is 7.03. The van der Waals surface area contributed by atoms with Gasteiger partial charge in [0, 0.05) is 5.56 Å². The largest absolute Gasteiger partial charge is 0.357 e. The maximum atomic E-state index is 10.8. The van der Waals surface area contributed by atoms with Crippen LogP contribution in [0.15, 0.2) is 24.3 Å². The molecule has 0 aliphatic heterocycles. The van der Waals surface area contributed by atoms with Gasteiger partial charge in [0.05, 0.1) is 5.30 Å². The summed E-state index contributed by atoms with van der Waals surface area (Å²) in [6.07, 6.45) is 5.05. The lowest BCUT2D eigenvalue weighted by Crippen LogP contribution is -2.07. The Balaban J connectivity index is 3.36. The second-order valence-electron chi connectivity index (χ2n) is 2.21. The lowest BCUT2D eigenvalue weighted by Gasteiger charge is -2.04. The summed E-state index contributed by atoms with van der Waals surface area (Å²) in [4.78, 5) is 17.6. The van der Waals surface area contributed by atoms with Gasteiger partial charge in [-0.05, 0) is 12.1 Å². The van der Waals surface area contributed by atoms with Crippen LogP contribution in [0.1, 0.15) is 5.56 Å². The summed E-state index contributed by atoms with van der Waals surface area (Å²) in [5.74, 6) is 2.21. The average Bonchev–Trinajstić information content (AvgIpc) is 2.03. The third kappa shape index (κ3) is 1.75. The molecule has 0 atom stereocenters. The van der Waals surface area contributed by atoms with Gasteiger partial charge in [-0.2, -0.15) is 0 Å². The van der Waals surface area contributed by atoms with Crippen LogP contribution in [0.3, 0.4) is 0 Å². The Bertz CT molecular complexity index is 372. The van der Waals surface area contributed by atoms with Gasteiger partial charge < -0.3 is 9.79 Å². The van der Waals surface area contributed by atoms with E-state index in [2.05, 4.69) is 5.92 Å². The Labute approximate surface area is 70.2 Å². The molecule has 0 bridgehead atoms. The molecule has 62 valence electrons. The first-order chi connectivity index (χ1) is 5.55. The van der Waals surface area contributed by atoms with Crippen LogP contribution < -0.4 is 5.30 Å². The molecule has 2 N–H and O–H groups in total. The Morgan fingerprint density at radius 1 is 1.33 bits per heavy atom. The molecule has 0 aromatic heterocycles. The molecule has 0 fully saturated rings. The van der Waals surface area contributed by atoms with Crippen molar-refractivity contribution in [2.75, 3.05) is 0 Å². The summed E-state index contributed by atoms with van der Waals surface area (Å²) < 4.78 is 10.8. The Morgan fingerprint density at radius 2 is 1.92 bits per heavy atom. The monoisotopic (exact) mass is 182 g/mol. The molecule has 0 amide bonds. The number of benzene rings is 1. The van der Waals surface area contributed by atoms with Gasteiger partial charge in [-0.15, -0.1) is 6.42 Å². The van der Waals surface area contributed by atoms with Crippen molar-refractivity contribution in [1.29, 1.82) is 0 Å². The highest BCUT2D eigenvalue weighted by Gasteiger charge is 2.19. The van der Waals surface area contributed by atoms with Gasteiger partial charge in [-0.1, -0.05) is 18.1 Å². The normalized spacial score (nSPS) is 10.8. The van der Waals surface area contributed by atoms with Crippen LogP contribution in [-0.4, -0.2) is 9.79 Å². The third-order valence-electron chi connectivity index (χ3n) is 1.37. The van der Waals surface area contributed by atoms with E-state index in [1.807, 2.05) is 0 Å².